The highest BCUT2D eigenvalue weighted by Gasteiger charge is 2.25. The molecule has 1 aliphatic carbocycles. The van der Waals surface area contributed by atoms with Crippen molar-refractivity contribution < 1.29 is 18.7 Å². The average molecular weight is 255 g/mol. The van der Waals surface area contributed by atoms with Crippen LogP contribution in [-0.4, -0.2) is 17.6 Å². The standard InChI is InChI=1S/C13H15F2NO2/c14-10-5-4-9(6-11(10)15)12(17)7-16-13(18)8-2-1-3-8/h4-6,8,12,17H,1-3,7H2,(H,16,18). The monoisotopic (exact) mass is 255 g/mol. The van der Waals surface area contributed by atoms with Crippen LogP contribution in [0.3, 0.4) is 0 Å². The van der Waals surface area contributed by atoms with Crippen LogP contribution in [0, 0.1) is 17.6 Å². The Morgan fingerprint density at radius 2 is 2.11 bits per heavy atom. The summed E-state index contributed by atoms with van der Waals surface area (Å²) in [5.74, 6) is -1.99. The topological polar surface area (TPSA) is 49.3 Å². The normalized spacial score (nSPS) is 17.1. The molecule has 3 nitrogen and oxygen atoms in total. The zero-order valence-electron chi connectivity index (χ0n) is 9.83. The molecule has 1 unspecified atom stereocenters. The molecule has 0 saturated heterocycles. The van der Waals surface area contributed by atoms with Gasteiger partial charge in [0.25, 0.3) is 0 Å². The Labute approximate surface area is 104 Å². The predicted octanol–water partition coefficient (Wildman–Crippen LogP) is 1.91. The van der Waals surface area contributed by atoms with Gasteiger partial charge in [0.05, 0.1) is 6.10 Å². The molecule has 1 aliphatic rings. The van der Waals surface area contributed by atoms with Gasteiger partial charge < -0.3 is 10.4 Å². The number of hydrogen-bond acceptors (Lipinski definition) is 2. The third-order valence-corrected chi connectivity index (χ3v) is 3.27. The molecule has 1 amide bonds. The number of halogens is 2. The van der Waals surface area contributed by atoms with E-state index in [4.69, 9.17) is 0 Å². The van der Waals surface area contributed by atoms with Crippen molar-refractivity contribution in [3.8, 4) is 0 Å². The van der Waals surface area contributed by atoms with Gasteiger partial charge in [-0.1, -0.05) is 12.5 Å². The van der Waals surface area contributed by atoms with E-state index in [1.165, 1.54) is 6.07 Å². The van der Waals surface area contributed by atoms with Gasteiger partial charge in [-0.15, -0.1) is 0 Å². The van der Waals surface area contributed by atoms with E-state index < -0.39 is 17.7 Å². The molecular weight excluding hydrogens is 240 g/mol. The fraction of sp³-hybridized carbons (Fsp3) is 0.462. The summed E-state index contributed by atoms with van der Waals surface area (Å²) in [5.41, 5.74) is 0.253. The number of carbonyl (C=O) groups is 1. The van der Waals surface area contributed by atoms with Crippen molar-refractivity contribution >= 4 is 5.91 Å². The highest BCUT2D eigenvalue weighted by molar-refractivity contribution is 5.79. The summed E-state index contributed by atoms with van der Waals surface area (Å²) in [6, 6.07) is 3.20. The van der Waals surface area contributed by atoms with E-state index in [1.54, 1.807) is 0 Å². The quantitative estimate of drug-likeness (QED) is 0.863. The highest BCUT2D eigenvalue weighted by atomic mass is 19.2. The second-order valence-corrected chi connectivity index (χ2v) is 4.56. The third kappa shape index (κ3) is 2.85. The molecule has 1 aromatic rings. The molecule has 0 radical (unpaired) electrons. The van der Waals surface area contributed by atoms with E-state index in [0.29, 0.717) is 0 Å². The van der Waals surface area contributed by atoms with Crippen LogP contribution in [0.15, 0.2) is 18.2 Å². The lowest BCUT2D eigenvalue weighted by Gasteiger charge is -2.24. The molecule has 2 rings (SSSR count). The van der Waals surface area contributed by atoms with Gasteiger partial charge in [-0.3, -0.25) is 4.79 Å². The molecule has 2 N–H and O–H groups in total. The molecule has 5 heteroatoms. The lowest BCUT2D eigenvalue weighted by molar-refractivity contribution is -0.127. The maximum Gasteiger partial charge on any atom is 0.223 e. The second kappa shape index (κ2) is 5.44. The van der Waals surface area contributed by atoms with Crippen molar-refractivity contribution in [3.05, 3.63) is 35.4 Å². The number of amides is 1. The smallest absolute Gasteiger partial charge is 0.223 e. The molecule has 0 spiro atoms. The number of nitrogens with one attached hydrogen (secondary N) is 1. The van der Waals surface area contributed by atoms with Crippen molar-refractivity contribution in [2.45, 2.75) is 25.4 Å². The lowest BCUT2D eigenvalue weighted by Crippen LogP contribution is -2.36. The zero-order chi connectivity index (χ0) is 13.1. The van der Waals surface area contributed by atoms with Crippen molar-refractivity contribution in [2.75, 3.05) is 6.54 Å². The maximum atomic E-state index is 13.0. The summed E-state index contributed by atoms with van der Waals surface area (Å²) in [4.78, 5) is 11.5. The summed E-state index contributed by atoms with van der Waals surface area (Å²) < 4.78 is 25.7. The van der Waals surface area contributed by atoms with Crippen LogP contribution in [-0.2, 0) is 4.79 Å². The summed E-state index contributed by atoms with van der Waals surface area (Å²) in [6.07, 6.45) is 1.80. The number of benzene rings is 1. The van der Waals surface area contributed by atoms with Crippen LogP contribution in [0.1, 0.15) is 30.9 Å². The van der Waals surface area contributed by atoms with Gasteiger partial charge in [-0.25, -0.2) is 8.78 Å². The van der Waals surface area contributed by atoms with Crippen LogP contribution in [0.2, 0.25) is 0 Å². The number of rotatable bonds is 4. The maximum absolute atomic E-state index is 13.0. The fourth-order valence-electron chi connectivity index (χ4n) is 1.85. The van der Waals surface area contributed by atoms with Crippen LogP contribution in [0.25, 0.3) is 0 Å². The van der Waals surface area contributed by atoms with Crippen molar-refractivity contribution in [3.63, 3.8) is 0 Å². The molecule has 1 fully saturated rings. The molecule has 1 atom stereocenters. The average Bonchev–Trinajstić information content (AvgIpc) is 2.27. The second-order valence-electron chi connectivity index (χ2n) is 4.56. The summed E-state index contributed by atoms with van der Waals surface area (Å²) in [7, 11) is 0. The Balaban J connectivity index is 1.88. The molecule has 1 saturated carbocycles. The van der Waals surface area contributed by atoms with Gasteiger partial charge in [0.15, 0.2) is 11.6 Å². The summed E-state index contributed by atoms with van der Waals surface area (Å²) in [6.45, 7) is 0.0143. The van der Waals surface area contributed by atoms with Crippen molar-refractivity contribution in [2.24, 2.45) is 5.92 Å². The first-order valence-corrected chi connectivity index (χ1v) is 5.98. The molecule has 18 heavy (non-hydrogen) atoms. The van der Waals surface area contributed by atoms with Crippen molar-refractivity contribution in [1.29, 1.82) is 0 Å². The minimum Gasteiger partial charge on any atom is -0.387 e. The van der Waals surface area contributed by atoms with E-state index in [0.717, 1.165) is 31.4 Å². The number of aliphatic hydroxyl groups is 1. The van der Waals surface area contributed by atoms with Crippen molar-refractivity contribution in [1.82, 2.24) is 5.32 Å². The summed E-state index contributed by atoms with van der Waals surface area (Å²) >= 11 is 0. The Morgan fingerprint density at radius 3 is 2.67 bits per heavy atom. The first kappa shape index (κ1) is 13.0. The zero-order valence-corrected chi connectivity index (χ0v) is 9.83. The Bertz CT molecular complexity index is 447. The minimum atomic E-state index is -1.02. The predicted molar refractivity (Wildman–Crippen MR) is 61.7 cm³/mol. The molecule has 0 heterocycles. The first-order chi connectivity index (χ1) is 8.58. The van der Waals surface area contributed by atoms with Gasteiger partial charge in [-0.05, 0) is 30.5 Å². The summed E-state index contributed by atoms with van der Waals surface area (Å²) in [5, 5.41) is 12.4. The van der Waals surface area contributed by atoms with E-state index in [-0.39, 0.29) is 23.9 Å². The van der Waals surface area contributed by atoms with Crippen LogP contribution >= 0.6 is 0 Å². The number of hydrogen-bond donors (Lipinski definition) is 2. The number of aliphatic hydroxyl groups excluding tert-OH is 1. The first-order valence-electron chi connectivity index (χ1n) is 5.98. The highest BCUT2D eigenvalue weighted by Crippen LogP contribution is 2.26. The van der Waals surface area contributed by atoms with Gasteiger partial charge >= 0.3 is 0 Å². The van der Waals surface area contributed by atoms with E-state index in [1.807, 2.05) is 0 Å². The molecule has 0 aromatic heterocycles. The third-order valence-electron chi connectivity index (χ3n) is 3.27. The van der Waals surface area contributed by atoms with E-state index >= 15 is 0 Å². The van der Waals surface area contributed by atoms with Crippen LogP contribution in [0.4, 0.5) is 8.78 Å². The lowest BCUT2D eigenvalue weighted by atomic mass is 9.85. The largest absolute Gasteiger partial charge is 0.387 e. The van der Waals surface area contributed by atoms with Crippen LogP contribution < -0.4 is 5.32 Å². The minimum absolute atomic E-state index is 0.0143. The van der Waals surface area contributed by atoms with E-state index in [2.05, 4.69) is 5.32 Å². The molecule has 0 bridgehead atoms. The van der Waals surface area contributed by atoms with Gasteiger partial charge in [0.1, 0.15) is 0 Å². The molecular formula is C13H15F2NO2. The Kier molecular flexibility index (Phi) is 3.91. The Morgan fingerprint density at radius 1 is 1.39 bits per heavy atom. The molecule has 0 aliphatic heterocycles. The van der Waals surface area contributed by atoms with E-state index in [9.17, 15) is 18.7 Å². The SMILES string of the molecule is O=C(NCC(O)c1ccc(F)c(F)c1)C1CCC1. The number of carbonyl (C=O) groups excluding carboxylic acids is 1. The van der Waals surface area contributed by atoms with Gasteiger partial charge in [0, 0.05) is 12.5 Å². The Hall–Kier alpha value is -1.49. The van der Waals surface area contributed by atoms with Gasteiger partial charge in [-0.2, -0.15) is 0 Å². The van der Waals surface area contributed by atoms with Gasteiger partial charge in [0.2, 0.25) is 5.91 Å². The van der Waals surface area contributed by atoms with Crippen LogP contribution in [0.5, 0.6) is 0 Å². The molecule has 1 aromatic carbocycles. The fourth-order valence-corrected chi connectivity index (χ4v) is 1.85. The molecule has 98 valence electrons.